The van der Waals surface area contributed by atoms with Gasteiger partial charge < -0.3 is 9.47 Å². The van der Waals surface area contributed by atoms with E-state index >= 15 is 0 Å². The molecule has 2 aromatic rings. The van der Waals surface area contributed by atoms with E-state index < -0.39 is 10.9 Å². The number of nitro benzene ring substituents is 1. The van der Waals surface area contributed by atoms with Gasteiger partial charge in [-0.15, -0.1) is 0 Å². The fourth-order valence-corrected chi connectivity index (χ4v) is 2.04. The van der Waals surface area contributed by atoms with Crippen molar-refractivity contribution in [3.8, 4) is 11.5 Å². The maximum atomic E-state index is 12.3. The summed E-state index contributed by atoms with van der Waals surface area (Å²) in [6.45, 7) is 1.75. The second-order valence-corrected chi connectivity index (χ2v) is 4.83. The van der Waals surface area contributed by atoms with Crippen LogP contribution in [-0.4, -0.2) is 23.8 Å². The first kappa shape index (κ1) is 17.1. The highest BCUT2D eigenvalue weighted by Gasteiger charge is 2.19. The van der Waals surface area contributed by atoms with Crippen molar-refractivity contribution < 1.29 is 24.0 Å². The van der Waals surface area contributed by atoms with Crippen molar-refractivity contribution in [2.24, 2.45) is 0 Å². The molecule has 2 rings (SSSR count). The third-order valence-electron chi connectivity index (χ3n) is 3.32. The summed E-state index contributed by atoms with van der Waals surface area (Å²) in [7, 11) is 1.35. The van der Waals surface area contributed by atoms with Gasteiger partial charge in [-0.1, -0.05) is 6.92 Å². The number of methoxy groups -OCH3 is 1. The minimum atomic E-state index is -0.787. The molecule has 0 aliphatic carbocycles. The molecule has 0 saturated heterocycles. The van der Waals surface area contributed by atoms with Crippen LogP contribution in [0.25, 0.3) is 0 Å². The smallest absolute Gasteiger partial charge is 0.347 e. The van der Waals surface area contributed by atoms with Crippen molar-refractivity contribution in [2.45, 2.75) is 13.3 Å². The fourth-order valence-electron chi connectivity index (χ4n) is 2.04. The van der Waals surface area contributed by atoms with E-state index in [0.29, 0.717) is 12.0 Å². The van der Waals surface area contributed by atoms with E-state index in [1.165, 1.54) is 31.4 Å². The van der Waals surface area contributed by atoms with Gasteiger partial charge in [-0.3, -0.25) is 14.9 Å². The molecule has 24 heavy (non-hydrogen) atoms. The molecule has 0 aromatic heterocycles. The number of nitro groups is 1. The zero-order valence-corrected chi connectivity index (χ0v) is 13.1. The van der Waals surface area contributed by atoms with Crippen LogP contribution in [0.2, 0.25) is 0 Å². The number of hydrogen-bond acceptors (Lipinski definition) is 6. The van der Waals surface area contributed by atoms with Crippen LogP contribution in [0.1, 0.15) is 34.1 Å². The van der Waals surface area contributed by atoms with Gasteiger partial charge in [0.25, 0.3) is 5.69 Å². The number of carbonyl (C=O) groups excluding carboxylic acids is 2. The SMILES string of the molecule is CCC(=O)c1ccc(OC(=O)c2cc([N+](=O)[O-])ccc2OC)cc1. The second-order valence-electron chi connectivity index (χ2n) is 4.83. The van der Waals surface area contributed by atoms with Crippen molar-refractivity contribution >= 4 is 17.4 Å². The van der Waals surface area contributed by atoms with E-state index in [0.717, 1.165) is 6.07 Å². The minimum absolute atomic E-state index is 0.0202. The fraction of sp³-hybridized carbons (Fsp3) is 0.176. The lowest BCUT2D eigenvalue weighted by Crippen LogP contribution is -2.11. The third-order valence-corrected chi connectivity index (χ3v) is 3.32. The summed E-state index contributed by atoms with van der Waals surface area (Å²) in [5.74, 6) is -0.414. The van der Waals surface area contributed by atoms with Crippen molar-refractivity contribution in [3.05, 3.63) is 63.7 Å². The quantitative estimate of drug-likeness (QED) is 0.265. The van der Waals surface area contributed by atoms with Gasteiger partial charge in [0.1, 0.15) is 17.1 Å². The number of nitrogens with zero attached hydrogens (tertiary/aromatic N) is 1. The Hall–Kier alpha value is -3.22. The number of non-ortho nitro benzene ring substituents is 1. The highest BCUT2D eigenvalue weighted by Crippen LogP contribution is 2.25. The molecule has 0 fully saturated rings. The maximum Gasteiger partial charge on any atom is 0.347 e. The standard InChI is InChI=1S/C17H15NO6/c1-3-15(19)11-4-7-13(8-5-11)24-17(20)14-10-12(18(21)22)6-9-16(14)23-2/h4-10H,3H2,1-2H3. The lowest BCUT2D eigenvalue weighted by atomic mass is 10.1. The molecular formula is C17H15NO6. The van der Waals surface area contributed by atoms with Crippen molar-refractivity contribution in [1.29, 1.82) is 0 Å². The van der Waals surface area contributed by atoms with Gasteiger partial charge in [-0.25, -0.2) is 4.79 Å². The largest absolute Gasteiger partial charge is 0.496 e. The average molecular weight is 329 g/mol. The lowest BCUT2D eigenvalue weighted by molar-refractivity contribution is -0.384. The van der Waals surface area contributed by atoms with Crippen molar-refractivity contribution in [1.82, 2.24) is 0 Å². The second kappa shape index (κ2) is 7.36. The normalized spacial score (nSPS) is 10.1. The van der Waals surface area contributed by atoms with Gasteiger partial charge in [0, 0.05) is 24.1 Å². The Bertz CT molecular complexity index is 782. The highest BCUT2D eigenvalue weighted by atomic mass is 16.6. The molecule has 2 aromatic carbocycles. The first-order chi connectivity index (χ1) is 11.5. The Kier molecular flexibility index (Phi) is 5.26. The van der Waals surface area contributed by atoms with Crippen LogP contribution in [0.4, 0.5) is 5.69 Å². The first-order valence-corrected chi connectivity index (χ1v) is 7.14. The summed E-state index contributed by atoms with van der Waals surface area (Å²) in [5, 5.41) is 10.8. The van der Waals surface area contributed by atoms with Crippen molar-refractivity contribution in [3.63, 3.8) is 0 Å². The van der Waals surface area contributed by atoms with Crippen LogP contribution in [0.3, 0.4) is 0 Å². The van der Waals surface area contributed by atoms with Crippen LogP contribution in [-0.2, 0) is 0 Å². The zero-order chi connectivity index (χ0) is 17.7. The lowest BCUT2D eigenvalue weighted by Gasteiger charge is -2.08. The molecule has 0 aliphatic heterocycles. The number of ether oxygens (including phenoxy) is 2. The Balaban J connectivity index is 2.24. The van der Waals surface area contributed by atoms with Crippen LogP contribution >= 0.6 is 0 Å². The molecule has 0 amide bonds. The molecule has 0 radical (unpaired) electrons. The summed E-state index contributed by atoms with van der Waals surface area (Å²) in [6, 6.07) is 9.75. The number of benzene rings is 2. The molecule has 7 nitrogen and oxygen atoms in total. The summed E-state index contributed by atoms with van der Waals surface area (Å²) in [4.78, 5) is 34.1. The van der Waals surface area contributed by atoms with E-state index in [2.05, 4.69) is 0 Å². The van der Waals surface area contributed by atoms with Gasteiger partial charge >= 0.3 is 5.97 Å². The van der Waals surface area contributed by atoms with E-state index in [1.54, 1.807) is 19.1 Å². The van der Waals surface area contributed by atoms with Gasteiger partial charge in [-0.2, -0.15) is 0 Å². The van der Waals surface area contributed by atoms with Gasteiger partial charge in [0.05, 0.1) is 12.0 Å². The molecule has 0 spiro atoms. The molecule has 124 valence electrons. The summed E-state index contributed by atoms with van der Waals surface area (Å²) in [5.41, 5.74) is 0.220. The third kappa shape index (κ3) is 3.75. The predicted molar refractivity (Wildman–Crippen MR) is 85.7 cm³/mol. The highest BCUT2D eigenvalue weighted by molar-refractivity contribution is 5.96. The molecule has 0 atom stereocenters. The molecule has 0 aliphatic rings. The topological polar surface area (TPSA) is 95.7 Å². The number of ketones is 1. The van der Waals surface area contributed by atoms with Gasteiger partial charge in [0.15, 0.2) is 5.78 Å². The van der Waals surface area contributed by atoms with Crippen LogP contribution < -0.4 is 9.47 Å². The first-order valence-electron chi connectivity index (χ1n) is 7.14. The predicted octanol–water partition coefficient (Wildman–Crippen LogP) is 3.42. The summed E-state index contributed by atoms with van der Waals surface area (Å²) in [6.07, 6.45) is 0.379. The number of carbonyl (C=O) groups is 2. The molecule has 7 heteroatoms. The van der Waals surface area contributed by atoms with Crippen LogP contribution in [0, 0.1) is 10.1 Å². The molecule has 0 bridgehead atoms. The molecule has 0 saturated carbocycles. The van der Waals surface area contributed by atoms with Crippen LogP contribution in [0.15, 0.2) is 42.5 Å². The Morgan fingerprint density at radius 3 is 2.33 bits per heavy atom. The van der Waals surface area contributed by atoms with E-state index in [4.69, 9.17) is 9.47 Å². The van der Waals surface area contributed by atoms with Crippen molar-refractivity contribution in [2.75, 3.05) is 7.11 Å². The molecule has 0 unspecified atom stereocenters. The maximum absolute atomic E-state index is 12.3. The summed E-state index contributed by atoms with van der Waals surface area (Å²) < 4.78 is 10.2. The minimum Gasteiger partial charge on any atom is -0.496 e. The number of esters is 1. The Labute approximate surface area is 138 Å². The van der Waals surface area contributed by atoms with E-state index in [-0.39, 0.29) is 28.5 Å². The Morgan fingerprint density at radius 2 is 1.79 bits per heavy atom. The molecular weight excluding hydrogens is 314 g/mol. The molecule has 0 heterocycles. The average Bonchev–Trinajstić information content (AvgIpc) is 2.60. The van der Waals surface area contributed by atoms with E-state index in [1.807, 2.05) is 0 Å². The summed E-state index contributed by atoms with van der Waals surface area (Å²) >= 11 is 0. The van der Waals surface area contributed by atoms with Crippen LogP contribution in [0.5, 0.6) is 11.5 Å². The number of Topliss-reactive ketones (excluding diaryl/α,β-unsaturated/α-hetero) is 1. The number of rotatable bonds is 6. The Morgan fingerprint density at radius 1 is 1.12 bits per heavy atom. The monoisotopic (exact) mass is 329 g/mol. The van der Waals surface area contributed by atoms with Gasteiger partial charge in [-0.05, 0) is 30.3 Å². The number of hydrogen-bond donors (Lipinski definition) is 0. The molecule has 0 N–H and O–H groups in total. The van der Waals surface area contributed by atoms with E-state index in [9.17, 15) is 19.7 Å². The van der Waals surface area contributed by atoms with Gasteiger partial charge in [0.2, 0.25) is 0 Å². The zero-order valence-electron chi connectivity index (χ0n) is 13.1.